The summed E-state index contributed by atoms with van der Waals surface area (Å²) in [6.45, 7) is 8.00. The molecule has 0 bridgehead atoms. The molecule has 1 aliphatic carbocycles. The van der Waals surface area contributed by atoms with Crippen molar-refractivity contribution in [1.29, 1.82) is 0 Å². The molecule has 0 aromatic carbocycles. The summed E-state index contributed by atoms with van der Waals surface area (Å²) in [6, 6.07) is 0.904. The van der Waals surface area contributed by atoms with Gasteiger partial charge in [-0.3, -0.25) is 0 Å². The van der Waals surface area contributed by atoms with Crippen LogP contribution in [0.1, 0.15) is 46.0 Å². The Morgan fingerprint density at radius 1 is 1.43 bits per heavy atom. The number of hydrogen-bond donors (Lipinski definition) is 1. The minimum Gasteiger partial charge on any atom is -0.330 e. The fourth-order valence-corrected chi connectivity index (χ4v) is 2.14. The van der Waals surface area contributed by atoms with Crippen LogP contribution in [0.25, 0.3) is 0 Å². The van der Waals surface area contributed by atoms with E-state index in [4.69, 9.17) is 5.73 Å². The Bertz CT molecular complexity index is 143. The average Bonchev–Trinajstić information content (AvgIpc) is 2.95. The summed E-state index contributed by atoms with van der Waals surface area (Å²) < 4.78 is 0. The Balaban J connectivity index is 2.20. The lowest BCUT2D eigenvalue weighted by Gasteiger charge is -2.25. The van der Waals surface area contributed by atoms with Gasteiger partial charge in [-0.2, -0.15) is 0 Å². The molecule has 1 aliphatic rings. The highest BCUT2D eigenvalue weighted by Crippen LogP contribution is 2.28. The van der Waals surface area contributed by atoms with E-state index >= 15 is 0 Å². The van der Waals surface area contributed by atoms with E-state index in [-0.39, 0.29) is 0 Å². The maximum Gasteiger partial charge on any atom is 0.00965 e. The van der Waals surface area contributed by atoms with Crippen LogP contribution in [-0.2, 0) is 0 Å². The SMILES string of the molecule is CCCC(C)CN(CCCN)C1CC1. The summed E-state index contributed by atoms with van der Waals surface area (Å²) in [6.07, 6.45) is 6.69. The molecular formula is C12H26N2. The first-order valence-electron chi connectivity index (χ1n) is 6.22. The summed E-state index contributed by atoms with van der Waals surface area (Å²) in [5, 5.41) is 0. The zero-order valence-electron chi connectivity index (χ0n) is 9.84. The van der Waals surface area contributed by atoms with Crippen LogP contribution in [-0.4, -0.2) is 30.6 Å². The number of hydrogen-bond acceptors (Lipinski definition) is 2. The van der Waals surface area contributed by atoms with Gasteiger partial charge in [-0.15, -0.1) is 0 Å². The van der Waals surface area contributed by atoms with Gasteiger partial charge in [0.2, 0.25) is 0 Å². The number of rotatable bonds is 8. The van der Waals surface area contributed by atoms with Crippen molar-refractivity contribution in [2.75, 3.05) is 19.6 Å². The molecule has 2 nitrogen and oxygen atoms in total. The first-order chi connectivity index (χ1) is 6.77. The van der Waals surface area contributed by atoms with E-state index in [9.17, 15) is 0 Å². The lowest BCUT2D eigenvalue weighted by molar-refractivity contribution is 0.221. The molecule has 0 heterocycles. The monoisotopic (exact) mass is 198 g/mol. The van der Waals surface area contributed by atoms with Crippen LogP contribution >= 0.6 is 0 Å². The van der Waals surface area contributed by atoms with Crippen LogP contribution in [0.4, 0.5) is 0 Å². The third kappa shape index (κ3) is 4.43. The smallest absolute Gasteiger partial charge is 0.00965 e. The molecule has 0 spiro atoms. The lowest BCUT2D eigenvalue weighted by atomic mass is 10.1. The van der Waals surface area contributed by atoms with Gasteiger partial charge in [0, 0.05) is 12.6 Å². The third-order valence-electron chi connectivity index (χ3n) is 3.04. The molecule has 0 saturated heterocycles. The molecule has 2 heteroatoms. The molecule has 84 valence electrons. The molecule has 1 rings (SSSR count). The molecule has 0 aromatic heterocycles. The average molecular weight is 198 g/mol. The molecule has 1 atom stereocenters. The fraction of sp³-hybridized carbons (Fsp3) is 1.00. The predicted octanol–water partition coefficient (Wildman–Crippen LogP) is 2.24. The van der Waals surface area contributed by atoms with Crippen molar-refractivity contribution in [3.63, 3.8) is 0 Å². The summed E-state index contributed by atoms with van der Waals surface area (Å²) in [7, 11) is 0. The van der Waals surface area contributed by atoms with Crippen LogP contribution < -0.4 is 5.73 Å². The van der Waals surface area contributed by atoms with Gasteiger partial charge in [-0.1, -0.05) is 20.3 Å². The second-order valence-corrected chi connectivity index (χ2v) is 4.76. The van der Waals surface area contributed by atoms with Gasteiger partial charge >= 0.3 is 0 Å². The second kappa shape index (κ2) is 6.41. The van der Waals surface area contributed by atoms with Crippen molar-refractivity contribution in [3.05, 3.63) is 0 Å². The molecule has 14 heavy (non-hydrogen) atoms. The topological polar surface area (TPSA) is 29.3 Å². The Morgan fingerprint density at radius 3 is 2.64 bits per heavy atom. The van der Waals surface area contributed by atoms with Gasteiger partial charge in [0.1, 0.15) is 0 Å². The van der Waals surface area contributed by atoms with Crippen molar-refractivity contribution in [2.24, 2.45) is 11.7 Å². The second-order valence-electron chi connectivity index (χ2n) is 4.76. The van der Waals surface area contributed by atoms with Gasteiger partial charge in [0.05, 0.1) is 0 Å². The quantitative estimate of drug-likeness (QED) is 0.648. The van der Waals surface area contributed by atoms with E-state index in [1.165, 1.54) is 38.8 Å². The molecule has 0 aliphatic heterocycles. The van der Waals surface area contributed by atoms with Gasteiger partial charge < -0.3 is 10.6 Å². The van der Waals surface area contributed by atoms with E-state index in [1.54, 1.807) is 0 Å². The van der Waals surface area contributed by atoms with E-state index in [0.29, 0.717) is 0 Å². The lowest BCUT2D eigenvalue weighted by Crippen LogP contribution is -2.32. The van der Waals surface area contributed by atoms with Gasteiger partial charge in [0.25, 0.3) is 0 Å². The van der Waals surface area contributed by atoms with Gasteiger partial charge in [-0.25, -0.2) is 0 Å². The standard InChI is InChI=1S/C12H26N2/c1-3-5-11(2)10-14(9-4-8-13)12-6-7-12/h11-12H,3-10,13H2,1-2H3. The van der Waals surface area contributed by atoms with Crippen LogP contribution in [0.5, 0.6) is 0 Å². The molecule has 1 saturated carbocycles. The van der Waals surface area contributed by atoms with Crippen LogP contribution in [0.15, 0.2) is 0 Å². The Kier molecular flexibility index (Phi) is 5.49. The van der Waals surface area contributed by atoms with E-state index in [1.807, 2.05) is 0 Å². The van der Waals surface area contributed by atoms with Crippen molar-refractivity contribution < 1.29 is 0 Å². The Hall–Kier alpha value is -0.0800. The summed E-state index contributed by atoms with van der Waals surface area (Å²) in [5.74, 6) is 0.860. The maximum absolute atomic E-state index is 5.56. The number of nitrogens with zero attached hydrogens (tertiary/aromatic N) is 1. The first kappa shape index (κ1) is 12.0. The molecule has 0 aromatic rings. The number of nitrogens with two attached hydrogens (primary N) is 1. The van der Waals surface area contributed by atoms with Crippen LogP contribution in [0, 0.1) is 5.92 Å². The van der Waals surface area contributed by atoms with Crippen molar-refractivity contribution in [3.8, 4) is 0 Å². The molecular weight excluding hydrogens is 172 g/mol. The molecule has 2 N–H and O–H groups in total. The zero-order chi connectivity index (χ0) is 10.4. The molecule has 0 amide bonds. The zero-order valence-corrected chi connectivity index (χ0v) is 9.84. The maximum atomic E-state index is 5.56. The van der Waals surface area contributed by atoms with Crippen LogP contribution in [0.2, 0.25) is 0 Å². The molecule has 1 unspecified atom stereocenters. The normalized spacial score (nSPS) is 18.9. The van der Waals surface area contributed by atoms with Crippen molar-refractivity contribution in [1.82, 2.24) is 4.90 Å². The van der Waals surface area contributed by atoms with Crippen LogP contribution in [0.3, 0.4) is 0 Å². The Morgan fingerprint density at radius 2 is 2.14 bits per heavy atom. The van der Waals surface area contributed by atoms with E-state index in [0.717, 1.165) is 24.9 Å². The largest absolute Gasteiger partial charge is 0.330 e. The van der Waals surface area contributed by atoms with Gasteiger partial charge in [-0.05, 0) is 44.7 Å². The first-order valence-corrected chi connectivity index (χ1v) is 6.22. The van der Waals surface area contributed by atoms with E-state index < -0.39 is 0 Å². The molecule has 1 fully saturated rings. The minimum atomic E-state index is 0.839. The van der Waals surface area contributed by atoms with Crippen molar-refractivity contribution in [2.45, 2.75) is 52.0 Å². The highest BCUT2D eigenvalue weighted by Gasteiger charge is 2.28. The van der Waals surface area contributed by atoms with Crippen molar-refractivity contribution >= 4 is 0 Å². The molecule has 0 radical (unpaired) electrons. The summed E-state index contributed by atoms with van der Waals surface area (Å²) >= 11 is 0. The minimum absolute atomic E-state index is 0.839. The highest BCUT2D eigenvalue weighted by atomic mass is 15.2. The fourth-order valence-electron chi connectivity index (χ4n) is 2.14. The predicted molar refractivity (Wildman–Crippen MR) is 62.3 cm³/mol. The highest BCUT2D eigenvalue weighted by molar-refractivity contribution is 4.85. The summed E-state index contributed by atoms with van der Waals surface area (Å²) in [5.41, 5.74) is 5.56. The van der Waals surface area contributed by atoms with Gasteiger partial charge in [0.15, 0.2) is 0 Å². The Labute approximate surface area is 88.8 Å². The third-order valence-corrected chi connectivity index (χ3v) is 3.04. The van der Waals surface area contributed by atoms with E-state index in [2.05, 4.69) is 18.7 Å². The summed E-state index contributed by atoms with van der Waals surface area (Å²) in [4.78, 5) is 2.66.